The number of hydrogen-bond acceptors (Lipinski definition) is 2. The van der Waals surface area contributed by atoms with E-state index in [4.69, 9.17) is 0 Å². The summed E-state index contributed by atoms with van der Waals surface area (Å²) < 4.78 is 0. The van der Waals surface area contributed by atoms with E-state index in [0.29, 0.717) is 23.7 Å². The van der Waals surface area contributed by atoms with Crippen LogP contribution in [0.1, 0.15) is 88.5 Å². The van der Waals surface area contributed by atoms with Gasteiger partial charge in [0, 0.05) is 0 Å². The number of rotatable bonds is 0. The van der Waals surface area contributed by atoms with E-state index in [-0.39, 0.29) is 7.43 Å². The minimum Gasteiger partial charge on any atom is -0.390 e. The molecule has 8 atom stereocenters. The van der Waals surface area contributed by atoms with Crippen molar-refractivity contribution >= 4 is 0 Å². The maximum atomic E-state index is 10.0. The van der Waals surface area contributed by atoms with Crippen LogP contribution in [0.25, 0.3) is 0 Å². The molecule has 2 saturated carbocycles. The summed E-state index contributed by atoms with van der Waals surface area (Å²) in [6, 6.07) is 0. The van der Waals surface area contributed by atoms with Crippen molar-refractivity contribution in [1.82, 2.24) is 0 Å². The van der Waals surface area contributed by atoms with Crippen molar-refractivity contribution in [2.45, 2.75) is 99.7 Å². The van der Waals surface area contributed by atoms with Crippen LogP contribution in [0.4, 0.5) is 0 Å². The van der Waals surface area contributed by atoms with Crippen molar-refractivity contribution in [2.24, 2.45) is 35.5 Å². The highest BCUT2D eigenvalue weighted by molar-refractivity contribution is 4.91. The first kappa shape index (κ1) is 22.9. The molecule has 2 nitrogen and oxygen atoms in total. The molecule has 0 spiro atoms. The maximum Gasteiger partial charge on any atom is 0.0670 e. The van der Waals surface area contributed by atoms with E-state index >= 15 is 0 Å². The molecule has 0 radical (unpaired) electrons. The van der Waals surface area contributed by atoms with E-state index in [2.05, 4.69) is 41.5 Å². The molecule has 0 bridgehead atoms. The Morgan fingerprint density at radius 2 is 0.739 bits per heavy atom. The monoisotopic (exact) mass is 328 g/mol. The predicted octanol–water partition coefficient (Wildman–Crippen LogP) is 5.52. The minimum atomic E-state index is -0.424. The Bertz CT molecular complexity index is 286. The zero-order chi connectivity index (χ0) is 17.3. The first-order chi connectivity index (χ1) is 9.88. The Morgan fingerprint density at radius 1 is 0.565 bits per heavy atom. The third kappa shape index (κ3) is 5.46. The molecule has 0 aromatic heterocycles. The van der Waals surface area contributed by atoms with Gasteiger partial charge >= 0.3 is 0 Å². The normalized spacial score (nSPS) is 50.3. The molecular formula is C21H44O2. The molecule has 23 heavy (non-hydrogen) atoms. The van der Waals surface area contributed by atoms with Gasteiger partial charge in [-0.1, -0.05) is 49.0 Å². The molecule has 2 aliphatic carbocycles. The highest BCUT2D eigenvalue weighted by Gasteiger charge is 2.40. The molecule has 0 aliphatic heterocycles. The number of hydrogen-bond donors (Lipinski definition) is 2. The zero-order valence-corrected chi connectivity index (χ0v) is 16.2. The lowest BCUT2D eigenvalue weighted by Crippen LogP contribution is -2.44. The van der Waals surface area contributed by atoms with Crippen LogP contribution in [-0.2, 0) is 0 Å². The molecule has 2 N–H and O–H groups in total. The summed E-state index contributed by atoms with van der Waals surface area (Å²) in [5.41, 5.74) is -0.848. The molecule has 4 unspecified atom stereocenters. The fourth-order valence-electron chi connectivity index (χ4n) is 4.53. The van der Waals surface area contributed by atoms with Gasteiger partial charge in [0.15, 0.2) is 0 Å². The Hall–Kier alpha value is -0.0800. The van der Waals surface area contributed by atoms with Crippen LogP contribution in [0.5, 0.6) is 0 Å². The smallest absolute Gasteiger partial charge is 0.0670 e. The first-order valence-corrected chi connectivity index (χ1v) is 9.33. The lowest BCUT2D eigenvalue weighted by molar-refractivity contribution is -0.0792. The van der Waals surface area contributed by atoms with Gasteiger partial charge in [-0.05, 0) is 75.0 Å². The average molecular weight is 329 g/mol. The second kappa shape index (κ2) is 8.34. The van der Waals surface area contributed by atoms with Gasteiger partial charge in [0.25, 0.3) is 0 Å². The largest absolute Gasteiger partial charge is 0.390 e. The Kier molecular flexibility index (Phi) is 8.31. The Labute approximate surface area is 146 Å². The molecule has 0 saturated heterocycles. The fraction of sp³-hybridized carbons (Fsp3) is 1.00. The van der Waals surface area contributed by atoms with Crippen molar-refractivity contribution in [3.63, 3.8) is 0 Å². The van der Waals surface area contributed by atoms with E-state index in [0.717, 1.165) is 11.8 Å². The molecule has 2 rings (SSSR count). The Balaban J connectivity index is 0.000000403. The highest BCUT2D eigenvalue weighted by atomic mass is 16.3. The summed E-state index contributed by atoms with van der Waals surface area (Å²) in [4.78, 5) is 0. The van der Waals surface area contributed by atoms with Crippen molar-refractivity contribution in [2.75, 3.05) is 0 Å². The summed E-state index contributed by atoms with van der Waals surface area (Å²) in [6.07, 6.45) is 4.71. The molecule has 0 heterocycles. The molecule has 2 fully saturated rings. The highest BCUT2D eigenvalue weighted by Crippen LogP contribution is 2.41. The van der Waals surface area contributed by atoms with Gasteiger partial charge < -0.3 is 10.2 Å². The summed E-state index contributed by atoms with van der Waals surface area (Å²) in [5.74, 6) is 3.42. The lowest BCUT2D eigenvalue weighted by Gasteiger charge is -2.43. The van der Waals surface area contributed by atoms with Crippen LogP contribution in [0.15, 0.2) is 0 Å². The van der Waals surface area contributed by atoms with E-state index < -0.39 is 11.2 Å². The van der Waals surface area contributed by atoms with Crippen LogP contribution in [0.3, 0.4) is 0 Å². The quantitative estimate of drug-likeness (QED) is 0.615. The van der Waals surface area contributed by atoms with Gasteiger partial charge in [-0.3, -0.25) is 0 Å². The SMILES string of the molecule is C.CC1C[C@@H](C)C(C)(O)[C@@H](C)C1.CC1C[C@@H](C)C(C)(O)[C@@H](C)C1. The summed E-state index contributed by atoms with van der Waals surface area (Å²) in [5, 5.41) is 20.1. The van der Waals surface area contributed by atoms with Crippen molar-refractivity contribution < 1.29 is 10.2 Å². The maximum absolute atomic E-state index is 10.0. The van der Waals surface area contributed by atoms with Crippen LogP contribution in [0.2, 0.25) is 0 Å². The third-order valence-corrected chi connectivity index (χ3v) is 7.01. The average Bonchev–Trinajstić information content (AvgIpc) is 2.35. The van der Waals surface area contributed by atoms with Crippen LogP contribution in [0, 0.1) is 35.5 Å². The number of aliphatic hydroxyl groups is 2. The molecule has 0 amide bonds. The van der Waals surface area contributed by atoms with Gasteiger partial charge in [0.1, 0.15) is 0 Å². The molecule has 2 heteroatoms. The van der Waals surface area contributed by atoms with Gasteiger partial charge in [-0.2, -0.15) is 0 Å². The molecular weight excluding hydrogens is 284 g/mol. The molecule has 140 valence electrons. The van der Waals surface area contributed by atoms with E-state index in [1.54, 1.807) is 0 Å². The standard InChI is InChI=1S/2C10H20O.CH4/c2*1-7-5-8(2)10(4,11)9(3)6-7;/h2*7-9,11H,5-6H2,1-4H3;1H4/t2*7?,8-,9+,10?;. The van der Waals surface area contributed by atoms with Gasteiger partial charge in [-0.15, -0.1) is 0 Å². The topological polar surface area (TPSA) is 40.5 Å². The van der Waals surface area contributed by atoms with Crippen molar-refractivity contribution in [3.8, 4) is 0 Å². The second-order valence-electron chi connectivity index (χ2n) is 9.21. The summed E-state index contributed by atoms with van der Waals surface area (Å²) >= 11 is 0. The minimum absolute atomic E-state index is 0. The van der Waals surface area contributed by atoms with Crippen molar-refractivity contribution in [3.05, 3.63) is 0 Å². The van der Waals surface area contributed by atoms with Gasteiger partial charge in [-0.25, -0.2) is 0 Å². The van der Waals surface area contributed by atoms with E-state index in [9.17, 15) is 10.2 Å². The van der Waals surface area contributed by atoms with Crippen LogP contribution >= 0.6 is 0 Å². The molecule has 0 aromatic carbocycles. The Morgan fingerprint density at radius 3 is 0.913 bits per heavy atom. The summed E-state index contributed by atoms with van der Waals surface area (Å²) in [6.45, 7) is 17.2. The molecule has 2 aliphatic rings. The lowest BCUT2D eigenvalue weighted by atomic mass is 9.67. The second-order valence-corrected chi connectivity index (χ2v) is 9.21. The van der Waals surface area contributed by atoms with E-state index in [1.807, 2.05) is 13.8 Å². The summed E-state index contributed by atoms with van der Waals surface area (Å²) in [7, 11) is 0. The van der Waals surface area contributed by atoms with Crippen LogP contribution in [-0.4, -0.2) is 21.4 Å². The van der Waals surface area contributed by atoms with Gasteiger partial charge in [0.05, 0.1) is 11.2 Å². The first-order valence-electron chi connectivity index (χ1n) is 9.33. The van der Waals surface area contributed by atoms with Crippen LogP contribution < -0.4 is 0 Å². The fourth-order valence-corrected chi connectivity index (χ4v) is 4.53. The van der Waals surface area contributed by atoms with Gasteiger partial charge in [0.2, 0.25) is 0 Å². The predicted molar refractivity (Wildman–Crippen MR) is 101 cm³/mol. The van der Waals surface area contributed by atoms with Crippen molar-refractivity contribution in [1.29, 1.82) is 0 Å². The zero-order valence-electron chi connectivity index (χ0n) is 16.2. The molecule has 0 aromatic rings. The van der Waals surface area contributed by atoms with E-state index in [1.165, 1.54) is 25.7 Å². The third-order valence-electron chi connectivity index (χ3n) is 7.01.